The molecule has 126 valence electrons. The van der Waals surface area contributed by atoms with E-state index in [1.54, 1.807) is 12.2 Å². The SMILES string of the molecule is Cc1ccccc1C1=NC/1=C/C=C\C(N)=N\C(=N)N=c1c2ccccc12. The smallest absolute Gasteiger partial charge is 0.244 e. The first-order valence-electron chi connectivity index (χ1n) is 8.28. The lowest BCUT2D eigenvalue weighted by atomic mass is 10.1. The molecule has 0 saturated carbocycles. The Bertz CT molecular complexity index is 1130. The molecule has 1 aliphatic rings. The number of allylic oxidation sites excluding steroid dienone is 3. The van der Waals surface area contributed by atoms with Crippen molar-refractivity contribution in [2.75, 3.05) is 0 Å². The standard InChI is InChI=1S/C21H17N5/c1-13-7-2-3-8-14(13)20-17(24-20)11-6-12-18(22)25-21(23)26-19-15-9-4-5-10-16(15)19/h2-12H,1H3,(H3,22,23,25)/b12-6-,17-11+. The predicted octanol–water partition coefficient (Wildman–Crippen LogP) is 3.16. The van der Waals surface area contributed by atoms with Crippen LogP contribution in [-0.4, -0.2) is 17.5 Å². The largest absolute Gasteiger partial charge is 0.384 e. The molecule has 0 unspecified atom stereocenters. The van der Waals surface area contributed by atoms with Crippen LogP contribution in [0.1, 0.15) is 11.1 Å². The van der Waals surface area contributed by atoms with Gasteiger partial charge in [0.2, 0.25) is 5.96 Å². The Morgan fingerprint density at radius 3 is 2.50 bits per heavy atom. The summed E-state index contributed by atoms with van der Waals surface area (Å²) in [4.78, 5) is 12.6. The number of amidine groups is 1. The van der Waals surface area contributed by atoms with Crippen molar-refractivity contribution in [3.05, 3.63) is 88.9 Å². The van der Waals surface area contributed by atoms with Gasteiger partial charge in [0.15, 0.2) is 0 Å². The summed E-state index contributed by atoms with van der Waals surface area (Å²) in [6, 6.07) is 16.0. The van der Waals surface area contributed by atoms with Crippen LogP contribution in [0.3, 0.4) is 0 Å². The maximum absolute atomic E-state index is 7.84. The lowest BCUT2D eigenvalue weighted by molar-refractivity contribution is 1.33. The van der Waals surface area contributed by atoms with E-state index in [-0.39, 0.29) is 11.8 Å². The van der Waals surface area contributed by atoms with Crippen molar-refractivity contribution < 1.29 is 0 Å². The van der Waals surface area contributed by atoms with Crippen LogP contribution in [-0.2, 0) is 0 Å². The van der Waals surface area contributed by atoms with Gasteiger partial charge < -0.3 is 5.73 Å². The summed E-state index contributed by atoms with van der Waals surface area (Å²) in [6.45, 7) is 2.07. The van der Waals surface area contributed by atoms with Gasteiger partial charge in [-0.3, -0.25) is 5.41 Å². The second kappa shape index (κ2) is 6.37. The van der Waals surface area contributed by atoms with E-state index >= 15 is 0 Å². The molecule has 0 atom stereocenters. The molecular formula is C21H17N5. The van der Waals surface area contributed by atoms with Gasteiger partial charge in [-0.25, -0.2) is 9.98 Å². The minimum Gasteiger partial charge on any atom is -0.384 e. The number of hydrogen-bond donors (Lipinski definition) is 2. The highest BCUT2D eigenvalue weighted by molar-refractivity contribution is 6.23. The van der Waals surface area contributed by atoms with Crippen molar-refractivity contribution in [2.24, 2.45) is 20.7 Å². The second-order valence-electron chi connectivity index (χ2n) is 6.05. The van der Waals surface area contributed by atoms with Gasteiger partial charge in [-0.05, 0) is 24.6 Å². The summed E-state index contributed by atoms with van der Waals surface area (Å²) in [6.07, 6.45) is 5.32. The average molecular weight is 339 g/mol. The molecular weight excluding hydrogens is 322 g/mol. The Balaban J connectivity index is 1.40. The Morgan fingerprint density at radius 1 is 1.08 bits per heavy atom. The summed E-state index contributed by atoms with van der Waals surface area (Å²) in [5, 5.41) is 10.8. The molecule has 0 aliphatic carbocycles. The van der Waals surface area contributed by atoms with Crippen LogP contribution in [0.15, 0.2) is 87.4 Å². The molecule has 0 saturated heterocycles. The van der Waals surface area contributed by atoms with Crippen LogP contribution in [0.25, 0.3) is 10.8 Å². The van der Waals surface area contributed by atoms with Gasteiger partial charge in [0.05, 0.1) is 16.8 Å². The van der Waals surface area contributed by atoms with E-state index in [1.165, 1.54) is 5.56 Å². The number of benzene rings is 2. The Hall–Kier alpha value is -3.60. The fourth-order valence-electron chi connectivity index (χ4n) is 2.74. The highest BCUT2D eigenvalue weighted by atomic mass is 15.0. The molecule has 1 aliphatic heterocycles. The zero-order valence-electron chi connectivity index (χ0n) is 14.3. The van der Waals surface area contributed by atoms with Crippen molar-refractivity contribution >= 4 is 28.3 Å². The van der Waals surface area contributed by atoms with Crippen molar-refractivity contribution in [1.29, 1.82) is 5.41 Å². The van der Waals surface area contributed by atoms with Crippen LogP contribution in [0.2, 0.25) is 0 Å². The van der Waals surface area contributed by atoms with Gasteiger partial charge in [0.1, 0.15) is 5.84 Å². The normalized spacial score (nSPS) is 15.8. The Kier molecular flexibility index (Phi) is 3.89. The molecule has 4 rings (SSSR count). The van der Waals surface area contributed by atoms with Gasteiger partial charge >= 0.3 is 0 Å². The number of fused-ring (bicyclic) bond motifs is 1. The summed E-state index contributed by atoms with van der Waals surface area (Å²) in [7, 11) is 0. The fraction of sp³-hybridized carbons (Fsp3) is 0.0476. The number of aryl methyl sites for hydroxylation is 1. The van der Waals surface area contributed by atoms with Gasteiger partial charge in [0.25, 0.3) is 0 Å². The quantitative estimate of drug-likeness (QED) is 0.557. The van der Waals surface area contributed by atoms with E-state index in [0.717, 1.165) is 33.1 Å². The summed E-state index contributed by atoms with van der Waals surface area (Å²) >= 11 is 0. The molecule has 0 amide bonds. The van der Waals surface area contributed by atoms with E-state index in [4.69, 9.17) is 11.1 Å². The maximum Gasteiger partial charge on any atom is 0.244 e. The van der Waals surface area contributed by atoms with E-state index in [2.05, 4.69) is 34.0 Å². The first-order chi connectivity index (χ1) is 12.6. The minimum absolute atomic E-state index is 0.103. The number of rotatable bonds is 3. The van der Waals surface area contributed by atoms with Crippen molar-refractivity contribution in [1.82, 2.24) is 0 Å². The molecule has 0 fully saturated rings. The van der Waals surface area contributed by atoms with E-state index in [9.17, 15) is 0 Å². The molecule has 3 aromatic carbocycles. The summed E-state index contributed by atoms with van der Waals surface area (Å²) in [5.41, 5.74) is 10.1. The molecule has 5 nitrogen and oxygen atoms in total. The highest BCUT2D eigenvalue weighted by Gasteiger charge is 2.21. The van der Waals surface area contributed by atoms with E-state index in [1.807, 2.05) is 42.5 Å². The Labute approximate surface area is 150 Å². The predicted molar refractivity (Wildman–Crippen MR) is 106 cm³/mol. The lowest BCUT2D eigenvalue weighted by Crippen LogP contribution is -2.10. The summed E-state index contributed by atoms with van der Waals surface area (Å²) in [5.74, 6) is 0.133. The van der Waals surface area contributed by atoms with Gasteiger partial charge in [-0.15, -0.1) is 0 Å². The number of aliphatic imine (C=N–C) groups is 2. The maximum atomic E-state index is 7.84. The monoisotopic (exact) mass is 339 g/mol. The van der Waals surface area contributed by atoms with Crippen LogP contribution >= 0.6 is 0 Å². The van der Waals surface area contributed by atoms with E-state index in [0.29, 0.717) is 0 Å². The molecule has 3 N–H and O–H groups in total. The lowest BCUT2D eigenvalue weighted by Gasteiger charge is -1.96. The zero-order valence-corrected chi connectivity index (χ0v) is 14.3. The molecule has 0 aromatic heterocycles. The highest BCUT2D eigenvalue weighted by Crippen LogP contribution is 2.25. The fourth-order valence-corrected chi connectivity index (χ4v) is 2.74. The van der Waals surface area contributed by atoms with Gasteiger partial charge in [0, 0.05) is 16.3 Å². The summed E-state index contributed by atoms with van der Waals surface area (Å²) < 4.78 is 0. The third-order valence-corrected chi connectivity index (χ3v) is 4.17. The number of nitrogens with one attached hydrogen (secondary N) is 1. The minimum atomic E-state index is -0.103. The molecule has 1 heterocycles. The van der Waals surface area contributed by atoms with Gasteiger partial charge in [-0.2, -0.15) is 4.99 Å². The van der Waals surface area contributed by atoms with Crippen LogP contribution in [0.4, 0.5) is 0 Å². The average Bonchev–Trinajstić information content (AvgIpc) is 3.53. The van der Waals surface area contributed by atoms with E-state index < -0.39 is 0 Å². The second-order valence-corrected chi connectivity index (χ2v) is 6.05. The topological polar surface area (TPSA) is 87.0 Å². The molecule has 0 spiro atoms. The van der Waals surface area contributed by atoms with Crippen molar-refractivity contribution in [2.45, 2.75) is 6.92 Å². The molecule has 0 radical (unpaired) electrons. The number of nitrogens with zero attached hydrogens (tertiary/aromatic N) is 3. The van der Waals surface area contributed by atoms with Crippen LogP contribution < -0.4 is 11.1 Å². The zero-order chi connectivity index (χ0) is 18.1. The third-order valence-electron chi connectivity index (χ3n) is 4.17. The molecule has 0 bridgehead atoms. The Morgan fingerprint density at radius 2 is 1.77 bits per heavy atom. The first-order valence-corrected chi connectivity index (χ1v) is 8.28. The van der Waals surface area contributed by atoms with Crippen LogP contribution in [0, 0.1) is 12.3 Å². The van der Waals surface area contributed by atoms with Crippen molar-refractivity contribution in [3.8, 4) is 0 Å². The number of nitrogens with two attached hydrogens (primary N) is 1. The molecule has 3 aromatic rings. The first kappa shape index (κ1) is 15.9. The third kappa shape index (κ3) is 3.28. The number of hydrogen-bond acceptors (Lipinski definition) is 2. The van der Waals surface area contributed by atoms with Crippen LogP contribution in [0.5, 0.6) is 0 Å². The molecule has 26 heavy (non-hydrogen) atoms. The van der Waals surface area contributed by atoms with Crippen molar-refractivity contribution in [3.63, 3.8) is 0 Å². The molecule has 5 heteroatoms. The van der Waals surface area contributed by atoms with Gasteiger partial charge in [-0.1, -0.05) is 54.6 Å². The number of guanidine groups is 1.